The van der Waals surface area contributed by atoms with E-state index in [1.807, 2.05) is 12.1 Å². The van der Waals surface area contributed by atoms with Crippen LogP contribution in [0, 0.1) is 0 Å². The highest BCUT2D eigenvalue weighted by atomic mass is 79.9. The molecule has 1 heterocycles. The van der Waals surface area contributed by atoms with Gasteiger partial charge in [-0.1, -0.05) is 15.9 Å². The Bertz CT molecular complexity index is 363. The second kappa shape index (κ2) is 4.33. The second-order valence-corrected chi connectivity index (χ2v) is 4.62. The number of nitrogens with zero attached hydrogens (tertiary/aromatic N) is 1. The average molecular weight is 270 g/mol. The van der Waals surface area contributed by atoms with E-state index in [1.165, 1.54) is 0 Å². The van der Waals surface area contributed by atoms with Crippen LogP contribution >= 0.6 is 15.9 Å². The van der Waals surface area contributed by atoms with Gasteiger partial charge < -0.3 is 10.0 Å². The molecule has 1 aromatic rings. The molecule has 0 bridgehead atoms. The first kappa shape index (κ1) is 10.6. The van der Waals surface area contributed by atoms with Crippen LogP contribution in [0.1, 0.15) is 16.8 Å². The highest BCUT2D eigenvalue weighted by Crippen LogP contribution is 2.15. The molecular weight excluding hydrogens is 258 g/mol. The predicted octanol–water partition coefficient (Wildman–Crippen LogP) is 1.66. The Morgan fingerprint density at radius 3 is 2.60 bits per heavy atom. The van der Waals surface area contributed by atoms with Gasteiger partial charge in [-0.3, -0.25) is 4.79 Å². The SMILES string of the molecule is O=C(c1ccc(Br)cc1)N1CC[C@@H](O)C1. The van der Waals surface area contributed by atoms with E-state index >= 15 is 0 Å². The summed E-state index contributed by atoms with van der Waals surface area (Å²) in [4.78, 5) is 13.6. The van der Waals surface area contributed by atoms with Crippen LogP contribution in [0.5, 0.6) is 0 Å². The van der Waals surface area contributed by atoms with Crippen LogP contribution < -0.4 is 0 Å². The summed E-state index contributed by atoms with van der Waals surface area (Å²) in [5.74, 6) is -0.000880. The van der Waals surface area contributed by atoms with E-state index < -0.39 is 0 Å². The average Bonchev–Trinajstić information content (AvgIpc) is 2.65. The van der Waals surface area contributed by atoms with E-state index in [1.54, 1.807) is 17.0 Å². The van der Waals surface area contributed by atoms with Gasteiger partial charge in [0.25, 0.3) is 5.91 Å². The van der Waals surface area contributed by atoms with E-state index in [4.69, 9.17) is 0 Å². The molecule has 1 aromatic carbocycles. The van der Waals surface area contributed by atoms with Crippen molar-refractivity contribution in [3.63, 3.8) is 0 Å². The quantitative estimate of drug-likeness (QED) is 0.843. The molecule has 2 rings (SSSR count). The zero-order valence-electron chi connectivity index (χ0n) is 8.19. The van der Waals surface area contributed by atoms with E-state index in [-0.39, 0.29) is 12.0 Å². The fourth-order valence-corrected chi connectivity index (χ4v) is 1.97. The van der Waals surface area contributed by atoms with Gasteiger partial charge in [-0.25, -0.2) is 0 Å². The lowest BCUT2D eigenvalue weighted by Crippen LogP contribution is -2.29. The summed E-state index contributed by atoms with van der Waals surface area (Å²) < 4.78 is 0.959. The van der Waals surface area contributed by atoms with Gasteiger partial charge in [-0.15, -0.1) is 0 Å². The summed E-state index contributed by atoms with van der Waals surface area (Å²) in [6.07, 6.45) is 0.326. The fourth-order valence-electron chi connectivity index (χ4n) is 1.70. The first-order chi connectivity index (χ1) is 7.16. The fraction of sp³-hybridized carbons (Fsp3) is 0.364. The number of carbonyl (C=O) groups excluding carboxylic acids is 1. The molecule has 0 saturated carbocycles. The van der Waals surface area contributed by atoms with E-state index in [0.29, 0.717) is 25.1 Å². The van der Waals surface area contributed by atoms with Gasteiger partial charge >= 0.3 is 0 Å². The molecule has 1 saturated heterocycles. The molecule has 3 nitrogen and oxygen atoms in total. The van der Waals surface area contributed by atoms with Crippen molar-refractivity contribution in [2.75, 3.05) is 13.1 Å². The van der Waals surface area contributed by atoms with Gasteiger partial charge in [0.15, 0.2) is 0 Å². The zero-order chi connectivity index (χ0) is 10.8. The Labute approximate surface area is 96.8 Å². The number of amides is 1. The topological polar surface area (TPSA) is 40.5 Å². The van der Waals surface area contributed by atoms with Crippen LogP contribution in [0.15, 0.2) is 28.7 Å². The Morgan fingerprint density at radius 2 is 2.07 bits per heavy atom. The Hall–Kier alpha value is -0.870. The number of hydrogen-bond acceptors (Lipinski definition) is 2. The molecule has 1 aliphatic rings. The number of rotatable bonds is 1. The van der Waals surface area contributed by atoms with Crippen LogP contribution in [0.3, 0.4) is 0 Å². The molecular formula is C11H12BrNO2. The largest absolute Gasteiger partial charge is 0.391 e. The van der Waals surface area contributed by atoms with Crippen molar-refractivity contribution in [2.24, 2.45) is 0 Å². The molecule has 0 spiro atoms. The van der Waals surface area contributed by atoms with Crippen molar-refractivity contribution in [3.05, 3.63) is 34.3 Å². The molecule has 1 fully saturated rings. The summed E-state index contributed by atoms with van der Waals surface area (Å²) in [5.41, 5.74) is 0.673. The minimum absolute atomic E-state index is 0.000880. The van der Waals surface area contributed by atoms with Crippen molar-refractivity contribution >= 4 is 21.8 Å². The number of hydrogen-bond donors (Lipinski definition) is 1. The summed E-state index contributed by atoms with van der Waals surface area (Å²) in [6.45, 7) is 1.10. The molecule has 0 radical (unpaired) electrons. The predicted molar refractivity (Wildman–Crippen MR) is 60.7 cm³/mol. The number of aliphatic hydroxyl groups is 1. The third-order valence-electron chi connectivity index (χ3n) is 2.54. The minimum Gasteiger partial charge on any atom is -0.391 e. The molecule has 0 aromatic heterocycles. The third kappa shape index (κ3) is 2.38. The van der Waals surface area contributed by atoms with Crippen molar-refractivity contribution in [2.45, 2.75) is 12.5 Å². The molecule has 0 aliphatic carbocycles. The smallest absolute Gasteiger partial charge is 0.253 e. The lowest BCUT2D eigenvalue weighted by atomic mass is 10.2. The van der Waals surface area contributed by atoms with Gasteiger partial charge in [0.2, 0.25) is 0 Å². The molecule has 1 amide bonds. The van der Waals surface area contributed by atoms with Crippen LogP contribution in [0.2, 0.25) is 0 Å². The van der Waals surface area contributed by atoms with Gasteiger partial charge in [0.1, 0.15) is 0 Å². The summed E-state index contributed by atoms with van der Waals surface area (Å²) >= 11 is 3.32. The molecule has 1 aliphatic heterocycles. The lowest BCUT2D eigenvalue weighted by Gasteiger charge is -2.15. The van der Waals surface area contributed by atoms with Crippen molar-refractivity contribution in [3.8, 4) is 0 Å². The lowest BCUT2D eigenvalue weighted by molar-refractivity contribution is 0.0765. The van der Waals surface area contributed by atoms with Crippen LogP contribution in [-0.4, -0.2) is 35.1 Å². The number of aliphatic hydroxyl groups excluding tert-OH is 1. The third-order valence-corrected chi connectivity index (χ3v) is 3.07. The number of likely N-dealkylation sites (tertiary alicyclic amines) is 1. The Kier molecular flexibility index (Phi) is 3.07. The van der Waals surface area contributed by atoms with Gasteiger partial charge in [0, 0.05) is 23.1 Å². The Balaban J connectivity index is 2.11. The van der Waals surface area contributed by atoms with Gasteiger partial charge in [-0.05, 0) is 30.7 Å². The van der Waals surface area contributed by atoms with Crippen molar-refractivity contribution < 1.29 is 9.90 Å². The standard InChI is InChI=1S/C11H12BrNO2/c12-9-3-1-8(2-4-9)11(15)13-6-5-10(14)7-13/h1-4,10,14H,5-7H2/t10-/m1/s1. The number of β-amino-alcohol motifs (C(OH)–C–C–N with tert-alkyl or cyclic N) is 1. The van der Waals surface area contributed by atoms with E-state index in [0.717, 1.165) is 4.47 Å². The highest BCUT2D eigenvalue weighted by Gasteiger charge is 2.25. The van der Waals surface area contributed by atoms with Crippen LogP contribution in [-0.2, 0) is 0 Å². The number of carbonyl (C=O) groups is 1. The molecule has 15 heavy (non-hydrogen) atoms. The van der Waals surface area contributed by atoms with Crippen molar-refractivity contribution in [1.82, 2.24) is 4.90 Å². The molecule has 0 unspecified atom stereocenters. The van der Waals surface area contributed by atoms with Gasteiger partial charge in [-0.2, -0.15) is 0 Å². The van der Waals surface area contributed by atoms with Crippen molar-refractivity contribution in [1.29, 1.82) is 0 Å². The molecule has 4 heteroatoms. The second-order valence-electron chi connectivity index (χ2n) is 3.70. The Morgan fingerprint density at radius 1 is 1.40 bits per heavy atom. The molecule has 1 atom stereocenters. The maximum atomic E-state index is 11.9. The first-order valence-electron chi connectivity index (χ1n) is 4.90. The molecule has 80 valence electrons. The van der Waals surface area contributed by atoms with Gasteiger partial charge in [0.05, 0.1) is 6.10 Å². The number of benzene rings is 1. The monoisotopic (exact) mass is 269 g/mol. The van der Waals surface area contributed by atoms with Crippen LogP contribution in [0.25, 0.3) is 0 Å². The molecule has 1 N–H and O–H groups in total. The maximum absolute atomic E-state index is 11.9. The highest BCUT2D eigenvalue weighted by molar-refractivity contribution is 9.10. The zero-order valence-corrected chi connectivity index (χ0v) is 9.77. The van der Waals surface area contributed by atoms with Crippen LogP contribution in [0.4, 0.5) is 0 Å². The first-order valence-corrected chi connectivity index (χ1v) is 5.69. The van der Waals surface area contributed by atoms with E-state index in [2.05, 4.69) is 15.9 Å². The summed E-state index contributed by atoms with van der Waals surface area (Å²) in [5, 5.41) is 9.34. The summed E-state index contributed by atoms with van der Waals surface area (Å²) in [6, 6.07) is 7.27. The minimum atomic E-state index is -0.357. The normalized spacial score (nSPS) is 20.7. The van der Waals surface area contributed by atoms with E-state index in [9.17, 15) is 9.90 Å². The number of halogens is 1. The maximum Gasteiger partial charge on any atom is 0.253 e. The summed E-state index contributed by atoms with van der Waals surface area (Å²) in [7, 11) is 0.